The molecule has 0 aliphatic carbocycles. The van der Waals surface area contributed by atoms with Crippen LogP contribution in [0.2, 0.25) is 0 Å². The molecule has 0 aliphatic heterocycles. The molecule has 0 bridgehead atoms. The minimum absolute atomic E-state index is 0.234. The fourth-order valence-corrected chi connectivity index (χ4v) is 1.52. The Kier molecular flexibility index (Phi) is 2.75. The highest BCUT2D eigenvalue weighted by molar-refractivity contribution is 5.90. The Labute approximate surface area is 89.2 Å². The standard InChI is InChI=1S/C10H17N3O2/c1-10(2,3)6-7(9(14)15-5)12-13(4)8(6)11/h11H2,1-5H3. The molecule has 1 rings (SSSR count). The summed E-state index contributed by atoms with van der Waals surface area (Å²) in [6, 6.07) is 0. The van der Waals surface area contributed by atoms with Crippen LogP contribution in [0, 0.1) is 0 Å². The SMILES string of the molecule is COC(=O)c1nn(C)c(N)c1C(C)(C)C. The number of carbonyl (C=O) groups excluding carboxylic acids is 1. The number of hydrogen-bond acceptors (Lipinski definition) is 4. The molecule has 15 heavy (non-hydrogen) atoms. The Balaban J connectivity index is 3.41. The molecule has 1 aromatic heterocycles. The highest BCUT2D eigenvalue weighted by Gasteiger charge is 2.29. The zero-order valence-electron chi connectivity index (χ0n) is 9.79. The number of aryl methyl sites for hydroxylation is 1. The molecule has 5 nitrogen and oxygen atoms in total. The lowest BCUT2D eigenvalue weighted by molar-refractivity contribution is 0.0590. The van der Waals surface area contributed by atoms with Crippen molar-refractivity contribution >= 4 is 11.8 Å². The Morgan fingerprint density at radius 3 is 2.40 bits per heavy atom. The van der Waals surface area contributed by atoms with Crippen LogP contribution in [0.3, 0.4) is 0 Å². The van der Waals surface area contributed by atoms with Gasteiger partial charge < -0.3 is 10.5 Å². The van der Waals surface area contributed by atoms with Crippen molar-refractivity contribution in [2.45, 2.75) is 26.2 Å². The van der Waals surface area contributed by atoms with Gasteiger partial charge in [-0.1, -0.05) is 20.8 Å². The Morgan fingerprint density at radius 1 is 1.47 bits per heavy atom. The van der Waals surface area contributed by atoms with Gasteiger partial charge in [0.25, 0.3) is 0 Å². The number of nitrogen functional groups attached to an aromatic ring is 1. The molecule has 0 unspecified atom stereocenters. The third-order valence-corrected chi connectivity index (χ3v) is 2.22. The normalized spacial score (nSPS) is 11.5. The van der Waals surface area contributed by atoms with Crippen LogP contribution >= 0.6 is 0 Å². The third kappa shape index (κ3) is 1.95. The number of nitrogens with two attached hydrogens (primary N) is 1. The van der Waals surface area contributed by atoms with E-state index < -0.39 is 5.97 Å². The van der Waals surface area contributed by atoms with Crippen LogP contribution in [-0.2, 0) is 17.2 Å². The molecule has 0 aliphatic rings. The largest absolute Gasteiger partial charge is 0.464 e. The van der Waals surface area contributed by atoms with Crippen molar-refractivity contribution in [3.8, 4) is 0 Å². The fraction of sp³-hybridized carbons (Fsp3) is 0.600. The highest BCUT2D eigenvalue weighted by atomic mass is 16.5. The van der Waals surface area contributed by atoms with Crippen molar-refractivity contribution in [3.05, 3.63) is 11.3 Å². The van der Waals surface area contributed by atoms with E-state index in [0.717, 1.165) is 5.56 Å². The van der Waals surface area contributed by atoms with Gasteiger partial charge in [0.05, 0.1) is 7.11 Å². The first kappa shape index (κ1) is 11.6. The van der Waals surface area contributed by atoms with Gasteiger partial charge in [-0.3, -0.25) is 4.68 Å². The summed E-state index contributed by atoms with van der Waals surface area (Å²) in [4.78, 5) is 11.5. The summed E-state index contributed by atoms with van der Waals surface area (Å²) in [7, 11) is 3.04. The van der Waals surface area contributed by atoms with Gasteiger partial charge in [-0.25, -0.2) is 4.79 Å². The van der Waals surface area contributed by atoms with Crippen LogP contribution in [0.5, 0.6) is 0 Å². The Morgan fingerprint density at radius 2 is 2.00 bits per heavy atom. The Bertz CT molecular complexity index is 388. The van der Waals surface area contributed by atoms with Crippen LogP contribution in [0.15, 0.2) is 0 Å². The fourth-order valence-electron chi connectivity index (χ4n) is 1.52. The van der Waals surface area contributed by atoms with Gasteiger partial charge >= 0.3 is 5.97 Å². The van der Waals surface area contributed by atoms with Crippen LogP contribution in [0.1, 0.15) is 36.8 Å². The molecule has 0 saturated heterocycles. The number of methoxy groups -OCH3 is 1. The lowest BCUT2D eigenvalue weighted by Gasteiger charge is -2.18. The van der Waals surface area contributed by atoms with Crippen LogP contribution in [0.4, 0.5) is 5.82 Å². The first-order valence-electron chi connectivity index (χ1n) is 4.70. The first-order chi connectivity index (χ1) is 6.79. The summed E-state index contributed by atoms with van der Waals surface area (Å²) in [6.07, 6.45) is 0. The van der Waals surface area contributed by atoms with Crippen LogP contribution in [0.25, 0.3) is 0 Å². The maximum absolute atomic E-state index is 11.5. The predicted octanol–water partition coefficient (Wildman–Crippen LogP) is 1.09. The molecule has 2 N–H and O–H groups in total. The minimum atomic E-state index is -0.452. The number of esters is 1. The molecule has 0 atom stereocenters. The van der Waals surface area contributed by atoms with E-state index in [2.05, 4.69) is 9.84 Å². The number of hydrogen-bond donors (Lipinski definition) is 1. The molecule has 1 heterocycles. The summed E-state index contributed by atoms with van der Waals surface area (Å²) >= 11 is 0. The highest BCUT2D eigenvalue weighted by Crippen LogP contribution is 2.30. The van der Waals surface area contributed by atoms with Gasteiger partial charge in [-0.2, -0.15) is 5.10 Å². The van der Waals surface area contributed by atoms with Crippen molar-refractivity contribution in [3.63, 3.8) is 0 Å². The molecule has 0 amide bonds. The molecule has 0 fully saturated rings. The zero-order valence-corrected chi connectivity index (χ0v) is 9.79. The number of carbonyl (C=O) groups is 1. The first-order valence-corrected chi connectivity index (χ1v) is 4.70. The lowest BCUT2D eigenvalue weighted by Crippen LogP contribution is -2.18. The van der Waals surface area contributed by atoms with Crippen molar-refractivity contribution < 1.29 is 9.53 Å². The van der Waals surface area contributed by atoms with Gasteiger partial charge in [0, 0.05) is 12.6 Å². The zero-order chi connectivity index (χ0) is 11.8. The molecule has 0 aromatic carbocycles. The maximum Gasteiger partial charge on any atom is 0.358 e. The van der Waals surface area contributed by atoms with Gasteiger partial charge in [0.1, 0.15) is 5.82 Å². The summed E-state index contributed by atoms with van der Waals surface area (Å²) in [5.41, 5.74) is 6.67. The van der Waals surface area contributed by atoms with Gasteiger partial charge in [-0.15, -0.1) is 0 Å². The third-order valence-electron chi connectivity index (χ3n) is 2.22. The second kappa shape index (κ2) is 3.56. The molecule has 1 aromatic rings. The van der Waals surface area contributed by atoms with E-state index in [4.69, 9.17) is 5.73 Å². The second-order valence-corrected chi connectivity index (χ2v) is 4.47. The van der Waals surface area contributed by atoms with Gasteiger partial charge in [0.15, 0.2) is 5.69 Å². The van der Waals surface area contributed by atoms with E-state index in [1.54, 1.807) is 7.05 Å². The van der Waals surface area contributed by atoms with E-state index in [-0.39, 0.29) is 5.41 Å². The molecule has 5 heteroatoms. The number of ether oxygens (including phenoxy) is 1. The average molecular weight is 211 g/mol. The predicted molar refractivity (Wildman–Crippen MR) is 57.7 cm³/mol. The van der Waals surface area contributed by atoms with E-state index in [1.807, 2.05) is 20.8 Å². The van der Waals surface area contributed by atoms with Crippen molar-refractivity contribution in [1.82, 2.24) is 9.78 Å². The molecule has 0 spiro atoms. The van der Waals surface area contributed by atoms with Crippen molar-refractivity contribution in [2.75, 3.05) is 12.8 Å². The summed E-state index contributed by atoms with van der Waals surface area (Å²) in [6.45, 7) is 5.94. The number of aromatic nitrogens is 2. The topological polar surface area (TPSA) is 70.1 Å². The van der Waals surface area contributed by atoms with Crippen LogP contribution < -0.4 is 5.73 Å². The van der Waals surface area contributed by atoms with Crippen molar-refractivity contribution in [1.29, 1.82) is 0 Å². The Hall–Kier alpha value is -1.52. The molecular formula is C10H17N3O2. The van der Waals surface area contributed by atoms with E-state index in [9.17, 15) is 4.79 Å². The molecule has 0 saturated carbocycles. The number of nitrogens with zero attached hydrogens (tertiary/aromatic N) is 2. The number of anilines is 1. The smallest absolute Gasteiger partial charge is 0.358 e. The summed E-state index contributed by atoms with van der Waals surface area (Å²) < 4.78 is 6.16. The molecular weight excluding hydrogens is 194 g/mol. The van der Waals surface area contributed by atoms with E-state index in [1.165, 1.54) is 11.8 Å². The molecule has 84 valence electrons. The molecule has 0 radical (unpaired) electrons. The quantitative estimate of drug-likeness (QED) is 0.706. The summed E-state index contributed by atoms with van der Waals surface area (Å²) in [5, 5.41) is 4.06. The second-order valence-electron chi connectivity index (χ2n) is 4.47. The van der Waals surface area contributed by atoms with E-state index in [0.29, 0.717) is 11.5 Å². The van der Waals surface area contributed by atoms with Gasteiger partial charge in [0.2, 0.25) is 0 Å². The minimum Gasteiger partial charge on any atom is -0.464 e. The maximum atomic E-state index is 11.5. The average Bonchev–Trinajstić information content (AvgIpc) is 2.41. The summed E-state index contributed by atoms with van der Waals surface area (Å²) in [5.74, 6) is 0.0510. The lowest BCUT2D eigenvalue weighted by atomic mass is 9.86. The van der Waals surface area contributed by atoms with Crippen molar-refractivity contribution in [2.24, 2.45) is 7.05 Å². The van der Waals surface area contributed by atoms with E-state index >= 15 is 0 Å². The van der Waals surface area contributed by atoms with Crippen LogP contribution in [-0.4, -0.2) is 22.9 Å². The monoisotopic (exact) mass is 211 g/mol. The van der Waals surface area contributed by atoms with Gasteiger partial charge in [-0.05, 0) is 5.41 Å². The number of rotatable bonds is 1.